The second-order valence-corrected chi connectivity index (χ2v) is 11.7. The van der Waals surface area contributed by atoms with E-state index in [1.54, 1.807) is 24.0 Å². The smallest absolute Gasteiger partial charge is 0.337 e. The third kappa shape index (κ3) is 4.41. The fourth-order valence-electron chi connectivity index (χ4n) is 5.28. The molecule has 5 rings (SSSR count). The molecular weight excluding hydrogens is 492 g/mol. The second-order valence-electron chi connectivity index (χ2n) is 9.34. The molecule has 1 aliphatic carbocycles. The van der Waals surface area contributed by atoms with E-state index < -0.39 is 15.8 Å². The molecule has 0 unspecified atom stereocenters. The van der Waals surface area contributed by atoms with Crippen LogP contribution in [0.15, 0.2) is 29.2 Å². The lowest BCUT2D eigenvalue weighted by molar-refractivity contribution is -0.122. The molecule has 0 bridgehead atoms. The van der Waals surface area contributed by atoms with Gasteiger partial charge in [0.15, 0.2) is 9.84 Å². The van der Waals surface area contributed by atoms with Gasteiger partial charge in [-0.3, -0.25) is 9.69 Å². The minimum atomic E-state index is -3.88. The molecule has 2 heterocycles. The number of sulfone groups is 1. The van der Waals surface area contributed by atoms with Gasteiger partial charge in [-0.05, 0) is 49.6 Å². The summed E-state index contributed by atoms with van der Waals surface area (Å²) in [6.07, 6.45) is 4.67. The molecule has 0 aromatic heterocycles. The average molecular weight is 519 g/mol. The molecule has 8 nitrogen and oxygen atoms in total. The monoisotopic (exact) mass is 518 g/mol. The first kappa shape index (κ1) is 24.1. The Kier molecular flexibility index (Phi) is 6.27. The van der Waals surface area contributed by atoms with E-state index >= 15 is 0 Å². The van der Waals surface area contributed by atoms with Crippen molar-refractivity contribution in [2.24, 2.45) is 0 Å². The van der Waals surface area contributed by atoms with E-state index in [0.717, 1.165) is 19.4 Å². The first-order valence-electron chi connectivity index (χ1n) is 11.7. The van der Waals surface area contributed by atoms with E-state index in [9.17, 15) is 18.0 Å². The molecule has 0 N–H and O–H groups in total. The van der Waals surface area contributed by atoms with Crippen molar-refractivity contribution in [3.8, 4) is 11.5 Å². The van der Waals surface area contributed by atoms with E-state index in [-0.39, 0.29) is 38.6 Å². The lowest BCUT2D eigenvalue weighted by Crippen LogP contribution is -2.53. The van der Waals surface area contributed by atoms with Crippen LogP contribution in [0.5, 0.6) is 11.5 Å². The van der Waals surface area contributed by atoms with Gasteiger partial charge in [-0.25, -0.2) is 13.2 Å². The predicted octanol–water partition coefficient (Wildman–Crippen LogP) is 4.11. The van der Waals surface area contributed by atoms with Gasteiger partial charge < -0.3 is 14.4 Å². The van der Waals surface area contributed by atoms with Crippen LogP contribution in [0.4, 0.5) is 5.69 Å². The van der Waals surface area contributed by atoms with E-state index in [1.807, 2.05) is 0 Å². The van der Waals surface area contributed by atoms with Crippen LogP contribution in [0.2, 0.25) is 5.02 Å². The number of ether oxygens (including phenoxy) is 2. The van der Waals surface area contributed by atoms with Gasteiger partial charge in [0.25, 0.3) is 0 Å². The highest BCUT2D eigenvalue weighted by Crippen LogP contribution is 2.45. The zero-order valence-electron chi connectivity index (χ0n) is 19.7. The maximum absolute atomic E-state index is 13.4. The number of halogens is 1. The molecular formula is C25H27ClN2O6S. The van der Waals surface area contributed by atoms with E-state index in [0.29, 0.717) is 35.9 Å². The Bertz CT molecular complexity index is 1320. The van der Waals surface area contributed by atoms with Crippen LogP contribution in [0.1, 0.15) is 47.2 Å². The molecule has 3 aliphatic rings. The van der Waals surface area contributed by atoms with E-state index in [4.69, 9.17) is 21.1 Å². The van der Waals surface area contributed by atoms with Gasteiger partial charge in [0.2, 0.25) is 5.91 Å². The third-order valence-electron chi connectivity index (χ3n) is 7.05. The molecule has 0 atom stereocenters. The number of amides is 1. The number of carbonyl (C=O) groups excluding carboxylic acids is 2. The number of hydrogen-bond donors (Lipinski definition) is 0. The van der Waals surface area contributed by atoms with Crippen LogP contribution in [-0.2, 0) is 25.1 Å². The molecule has 2 fully saturated rings. The summed E-state index contributed by atoms with van der Waals surface area (Å²) in [5.74, 6) is -0.665. The summed E-state index contributed by atoms with van der Waals surface area (Å²) in [7, 11) is -2.64. The van der Waals surface area contributed by atoms with Crippen molar-refractivity contribution < 1.29 is 27.5 Å². The van der Waals surface area contributed by atoms with Crippen LogP contribution in [0.3, 0.4) is 0 Å². The number of nitrogens with zero attached hydrogens (tertiary/aromatic N) is 2. The van der Waals surface area contributed by atoms with Crippen molar-refractivity contribution in [2.45, 2.75) is 49.3 Å². The Morgan fingerprint density at radius 1 is 1.11 bits per heavy atom. The number of fused-ring (bicyclic) bond motifs is 2. The van der Waals surface area contributed by atoms with Gasteiger partial charge in [-0.2, -0.15) is 0 Å². The summed E-state index contributed by atoms with van der Waals surface area (Å²) in [6, 6.07) is 6.59. The highest BCUT2D eigenvalue weighted by Gasteiger charge is 2.34. The summed E-state index contributed by atoms with van der Waals surface area (Å²) in [5, 5.41) is 0.225. The molecule has 35 heavy (non-hydrogen) atoms. The van der Waals surface area contributed by atoms with Gasteiger partial charge >= 0.3 is 5.97 Å². The molecule has 1 saturated heterocycles. The van der Waals surface area contributed by atoms with Crippen molar-refractivity contribution in [3.05, 3.63) is 46.0 Å². The number of rotatable bonds is 3. The van der Waals surface area contributed by atoms with Crippen molar-refractivity contribution in [3.63, 3.8) is 0 Å². The van der Waals surface area contributed by atoms with Crippen LogP contribution < -0.4 is 9.64 Å². The Balaban J connectivity index is 1.48. The maximum Gasteiger partial charge on any atom is 0.337 e. The number of methoxy groups -OCH3 is 1. The molecule has 2 aromatic rings. The van der Waals surface area contributed by atoms with Crippen LogP contribution in [0, 0.1) is 6.92 Å². The zero-order chi connectivity index (χ0) is 24.9. The minimum absolute atomic E-state index is 0.0292. The topological polar surface area (TPSA) is 93.2 Å². The molecule has 10 heteroatoms. The number of piperazine rings is 1. The minimum Gasteiger partial charge on any atom is -0.465 e. The van der Waals surface area contributed by atoms with Crippen molar-refractivity contribution >= 4 is 39.0 Å². The summed E-state index contributed by atoms with van der Waals surface area (Å²) in [4.78, 5) is 28.9. The average Bonchev–Trinajstić information content (AvgIpc) is 3.32. The number of anilines is 1. The third-order valence-corrected chi connectivity index (χ3v) is 9.00. The Hall–Kier alpha value is -2.62. The lowest BCUT2D eigenvalue weighted by Gasteiger charge is -2.37. The first-order chi connectivity index (χ1) is 16.7. The molecule has 0 radical (unpaired) electrons. The number of carbonyl (C=O) groups is 2. The first-order valence-corrected chi connectivity index (χ1v) is 13.7. The normalized spacial score (nSPS) is 20.1. The zero-order valence-corrected chi connectivity index (χ0v) is 21.2. The number of hydrogen-bond acceptors (Lipinski definition) is 7. The van der Waals surface area contributed by atoms with Gasteiger partial charge in [-0.1, -0.05) is 24.4 Å². The summed E-state index contributed by atoms with van der Waals surface area (Å²) < 4.78 is 37.5. The fraction of sp³-hybridized carbons (Fsp3) is 0.440. The molecule has 2 aliphatic heterocycles. The summed E-state index contributed by atoms with van der Waals surface area (Å²) in [5.41, 5.74) is 1.52. The second kappa shape index (κ2) is 9.11. The van der Waals surface area contributed by atoms with Crippen molar-refractivity contribution in [2.75, 3.05) is 31.6 Å². The fourth-order valence-corrected chi connectivity index (χ4v) is 7.12. The Labute approximate surface area is 209 Å². The number of esters is 1. The van der Waals surface area contributed by atoms with Gasteiger partial charge in [-0.15, -0.1) is 0 Å². The van der Waals surface area contributed by atoms with Crippen molar-refractivity contribution in [1.29, 1.82) is 0 Å². The van der Waals surface area contributed by atoms with Gasteiger partial charge in [0.1, 0.15) is 16.4 Å². The molecule has 1 saturated carbocycles. The van der Waals surface area contributed by atoms with Crippen LogP contribution >= 0.6 is 11.6 Å². The number of aryl methyl sites for hydroxylation is 1. The highest BCUT2D eigenvalue weighted by molar-refractivity contribution is 7.90. The van der Waals surface area contributed by atoms with Crippen LogP contribution in [-0.4, -0.2) is 58.0 Å². The highest BCUT2D eigenvalue weighted by atomic mass is 35.5. The van der Waals surface area contributed by atoms with Crippen molar-refractivity contribution in [1.82, 2.24) is 4.90 Å². The molecule has 0 spiro atoms. The standard InChI is InChI=1S/C25H27ClN2O6S/c1-15-9-16(25(30)33-2)11-21-23(15)34-24-17(14-35(21,31)32)10-19(12-20(24)26)28-8-7-27(13-22(28)29)18-5-3-4-6-18/h9-12,18H,3-8,13-14H2,1-2H3. The largest absolute Gasteiger partial charge is 0.465 e. The van der Waals surface area contributed by atoms with Gasteiger partial charge in [0, 0.05) is 30.4 Å². The quantitative estimate of drug-likeness (QED) is 0.564. The SMILES string of the molecule is COC(=O)c1cc(C)c2c(c1)S(=O)(=O)Cc1cc(N3CCN(C4CCCC4)CC3=O)cc(Cl)c1O2. The Morgan fingerprint density at radius 2 is 1.86 bits per heavy atom. The molecule has 1 amide bonds. The molecule has 2 aromatic carbocycles. The maximum atomic E-state index is 13.4. The Morgan fingerprint density at radius 3 is 2.54 bits per heavy atom. The van der Waals surface area contributed by atoms with Crippen LogP contribution in [0.25, 0.3) is 0 Å². The summed E-state index contributed by atoms with van der Waals surface area (Å²) in [6.45, 7) is 3.28. The number of benzene rings is 2. The lowest BCUT2D eigenvalue weighted by atomic mass is 10.1. The summed E-state index contributed by atoms with van der Waals surface area (Å²) >= 11 is 6.59. The van der Waals surface area contributed by atoms with E-state index in [1.165, 1.54) is 32.1 Å². The van der Waals surface area contributed by atoms with E-state index in [2.05, 4.69) is 4.90 Å². The van der Waals surface area contributed by atoms with Gasteiger partial charge in [0.05, 0.1) is 30.0 Å². The predicted molar refractivity (Wildman–Crippen MR) is 131 cm³/mol. The molecule has 186 valence electrons.